The summed E-state index contributed by atoms with van der Waals surface area (Å²) in [6.45, 7) is 1.52. The maximum Gasteiger partial charge on any atom is 0.264 e. The van der Waals surface area contributed by atoms with E-state index in [1.54, 1.807) is 36.4 Å². The predicted molar refractivity (Wildman–Crippen MR) is 182 cm³/mol. The summed E-state index contributed by atoms with van der Waals surface area (Å²) in [6, 6.07) is 25.1. The van der Waals surface area contributed by atoms with Crippen molar-refractivity contribution >= 4 is 73.9 Å². The molecule has 0 aliphatic carbocycles. The lowest BCUT2D eigenvalue weighted by molar-refractivity contribution is -0.140. The first-order chi connectivity index (χ1) is 21.5. The first kappa shape index (κ1) is 34.6. The SMILES string of the molecule is CCCNC(=O)[C@H](Cc1ccccc1)N(Cc1ccc(Cl)cc1Cl)C(=O)CN(c1cc(Cl)ccc1Cl)S(=O)(=O)c1ccccc1. The number of sulfonamides is 1. The van der Waals surface area contributed by atoms with E-state index in [1.165, 1.54) is 35.2 Å². The second-order valence-corrected chi connectivity index (χ2v) is 13.7. The molecule has 4 rings (SSSR count). The standard InChI is InChI=1S/C33H31Cl4N3O4S/c1-2-17-38-33(42)31(18-23-9-5-3-6-10-23)39(21-24-13-14-25(34)19-29(24)37)32(41)22-40(30-20-26(35)15-16-28(30)36)45(43,44)27-11-7-4-8-12-27/h3-16,19-20,31H,2,17-18,21-22H2,1H3,(H,38,42)/t31-/m0/s1. The van der Waals surface area contributed by atoms with E-state index in [2.05, 4.69) is 5.32 Å². The highest BCUT2D eigenvalue weighted by Gasteiger charge is 2.35. The lowest BCUT2D eigenvalue weighted by Gasteiger charge is -2.34. The summed E-state index contributed by atoms with van der Waals surface area (Å²) >= 11 is 25.5. The molecule has 45 heavy (non-hydrogen) atoms. The van der Waals surface area contributed by atoms with Crippen molar-refractivity contribution in [1.82, 2.24) is 10.2 Å². The number of nitrogens with zero attached hydrogens (tertiary/aromatic N) is 2. The van der Waals surface area contributed by atoms with Crippen LogP contribution < -0.4 is 9.62 Å². The van der Waals surface area contributed by atoms with E-state index in [-0.39, 0.29) is 33.6 Å². The van der Waals surface area contributed by atoms with Crippen LogP contribution in [0.2, 0.25) is 20.1 Å². The highest BCUT2D eigenvalue weighted by Crippen LogP contribution is 2.33. The van der Waals surface area contributed by atoms with Crippen LogP contribution in [-0.4, -0.2) is 44.3 Å². The Morgan fingerprint density at radius 2 is 1.42 bits per heavy atom. The van der Waals surface area contributed by atoms with Crippen molar-refractivity contribution in [3.63, 3.8) is 0 Å². The lowest BCUT2D eigenvalue weighted by Crippen LogP contribution is -2.53. The number of halogens is 4. The molecule has 7 nitrogen and oxygen atoms in total. The Morgan fingerprint density at radius 3 is 2.07 bits per heavy atom. The van der Waals surface area contributed by atoms with E-state index >= 15 is 0 Å². The summed E-state index contributed by atoms with van der Waals surface area (Å²) < 4.78 is 29.1. The van der Waals surface area contributed by atoms with Crippen molar-refractivity contribution < 1.29 is 18.0 Å². The topological polar surface area (TPSA) is 86.8 Å². The van der Waals surface area contributed by atoms with E-state index in [4.69, 9.17) is 46.4 Å². The van der Waals surface area contributed by atoms with Crippen LogP contribution in [0.5, 0.6) is 0 Å². The zero-order valence-corrected chi connectivity index (χ0v) is 28.1. The fraction of sp³-hybridized carbons (Fsp3) is 0.212. The number of carbonyl (C=O) groups excluding carboxylic acids is 2. The van der Waals surface area contributed by atoms with Gasteiger partial charge in [-0.25, -0.2) is 8.42 Å². The third-order valence-electron chi connectivity index (χ3n) is 6.96. The molecular weight excluding hydrogens is 676 g/mol. The third kappa shape index (κ3) is 8.93. The summed E-state index contributed by atoms with van der Waals surface area (Å²) in [6.07, 6.45) is 0.841. The number of anilines is 1. The van der Waals surface area contributed by atoms with E-state index in [0.29, 0.717) is 28.6 Å². The van der Waals surface area contributed by atoms with Gasteiger partial charge >= 0.3 is 0 Å². The Hall–Kier alpha value is -3.27. The number of hydrogen-bond acceptors (Lipinski definition) is 4. The largest absolute Gasteiger partial charge is 0.354 e. The Balaban J connectivity index is 1.84. The van der Waals surface area contributed by atoms with Gasteiger partial charge < -0.3 is 10.2 Å². The van der Waals surface area contributed by atoms with Gasteiger partial charge in [0.15, 0.2) is 0 Å². The molecule has 0 heterocycles. The fourth-order valence-electron chi connectivity index (χ4n) is 4.66. The molecule has 1 atom stereocenters. The Morgan fingerprint density at radius 1 is 0.800 bits per heavy atom. The number of carbonyl (C=O) groups is 2. The van der Waals surface area contributed by atoms with Gasteiger partial charge in [-0.1, -0.05) is 108 Å². The molecule has 0 aliphatic heterocycles. The number of hydrogen-bond donors (Lipinski definition) is 1. The summed E-state index contributed by atoms with van der Waals surface area (Å²) in [5.74, 6) is -1.05. The highest BCUT2D eigenvalue weighted by atomic mass is 35.5. The highest BCUT2D eigenvalue weighted by molar-refractivity contribution is 7.92. The molecule has 2 amide bonds. The normalized spacial score (nSPS) is 11.9. The van der Waals surface area contributed by atoms with E-state index in [0.717, 1.165) is 9.87 Å². The van der Waals surface area contributed by atoms with Crippen LogP contribution in [0.1, 0.15) is 24.5 Å². The van der Waals surface area contributed by atoms with Gasteiger partial charge in [0.05, 0.1) is 15.6 Å². The molecule has 12 heteroatoms. The van der Waals surface area contributed by atoms with Crippen molar-refractivity contribution in [3.05, 3.63) is 128 Å². The van der Waals surface area contributed by atoms with Crippen LogP contribution in [0, 0.1) is 0 Å². The van der Waals surface area contributed by atoms with Crippen molar-refractivity contribution in [2.24, 2.45) is 0 Å². The maximum absolute atomic E-state index is 14.5. The Bertz CT molecular complexity index is 1740. The average molecular weight is 708 g/mol. The number of benzene rings is 4. The third-order valence-corrected chi connectivity index (χ3v) is 9.88. The van der Waals surface area contributed by atoms with Crippen molar-refractivity contribution in [3.8, 4) is 0 Å². The zero-order valence-electron chi connectivity index (χ0n) is 24.3. The molecule has 0 aromatic heterocycles. The zero-order chi connectivity index (χ0) is 32.6. The van der Waals surface area contributed by atoms with E-state index < -0.39 is 34.4 Å². The van der Waals surface area contributed by atoms with Gasteiger partial charge in [-0.05, 0) is 60.0 Å². The molecule has 0 aliphatic rings. The summed E-state index contributed by atoms with van der Waals surface area (Å²) in [5.41, 5.74) is 1.34. The predicted octanol–water partition coefficient (Wildman–Crippen LogP) is 7.66. The molecule has 0 fully saturated rings. The molecule has 0 spiro atoms. The first-order valence-electron chi connectivity index (χ1n) is 14.1. The number of amides is 2. The minimum atomic E-state index is -4.33. The number of nitrogens with one attached hydrogen (secondary N) is 1. The monoisotopic (exact) mass is 705 g/mol. The molecule has 0 unspecified atom stereocenters. The fourth-order valence-corrected chi connectivity index (χ4v) is 7.01. The minimum absolute atomic E-state index is 0.0147. The number of rotatable bonds is 13. The van der Waals surface area contributed by atoms with Gasteiger partial charge in [0.2, 0.25) is 11.8 Å². The Labute approximate surface area is 283 Å². The molecule has 236 valence electrons. The molecule has 0 saturated carbocycles. The summed E-state index contributed by atoms with van der Waals surface area (Å²) in [7, 11) is -4.33. The van der Waals surface area contributed by atoms with Gasteiger partial charge in [-0.15, -0.1) is 0 Å². The molecule has 1 N–H and O–H groups in total. The molecule has 4 aromatic carbocycles. The smallest absolute Gasteiger partial charge is 0.264 e. The van der Waals surface area contributed by atoms with Crippen LogP contribution in [-0.2, 0) is 32.6 Å². The van der Waals surface area contributed by atoms with Gasteiger partial charge in [0.25, 0.3) is 10.0 Å². The van der Waals surface area contributed by atoms with Crippen molar-refractivity contribution in [2.45, 2.75) is 37.2 Å². The summed E-state index contributed by atoms with van der Waals surface area (Å²) in [4.78, 5) is 29.5. The van der Waals surface area contributed by atoms with Gasteiger partial charge in [-0.3, -0.25) is 13.9 Å². The van der Waals surface area contributed by atoms with Crippen molar-refractivity contribution in [2.75, 3.05) is 17.4 Å². The van der Waals surface area contributed by atoms with Crippen LogP contribution in [0.3, 0.4) is 0 Å². The lowest BCUT2D eigenvalue weighted by atomic mass is 10.0. The molecule has 0 radical (unpaired) electrons. The Kier molecular flexibility index (Phi) is 12.2. The first-order valence-corrected chi connectivity index (χ1v) is 17.0. The minimum Gasteiger partial charge on any atom is -0.354 e. The molecule has 0 bridgehead atoms. The quantitative estimate of drug-likeness (QED) is 0.155. The van der Waals surface area contributed by atoms with Crippen LogP contribution >= 0.6 is 46.4 Å². The second-order valence-electron chi connectivity index (χ2n) is 10.2. The molecule has 0 saturated heterocycles. The second kappa shape index (κ2) is 15.8. The average Bonchev–Trinajstić information content (AvgIpc) is 3.03. The molecular formula is C33H31Cl4N3O4S. The maximum atomic E-state index is 14.5. The van der Waals surface area contributed by atoms with Crippen LogP contribution in [0.25, 0.3) is 0 Å². The van der Waals surface area contributed by atoms with E-state index in [1.807, 2.05) is 37.3 Å². The van der Waals surface area contributed by atoms with Gasteiger partial charge in [0, 0.05) is 34.6 Å². The summed E-state index contributed by atoms with van der Waals surface area (Å²) in [5, 5.41) is 3.88. The van der Waals surface area contributed by atoms with Gasteiger partial charge in [0.1, 0.15) is 12.6 Å². The van der Waals surface area contributed by atoms with E-state index in [9.17, 15) is 18.0 Å². The van der Waals surface area contributed by atoms with Crippen molar-refractivity contribution in [1.29, 1.82) is 0 Å². The van der Waals surface area contributed by atoms with Crippen LogP contribution in [0.4, 0.5) is 5.69 Å². The van der Waals surface area contributed by atoms with Gasteiger partial charge in [-0.2, -0.15) is 0 Å². The molecule has 4 aromatic rings. The van der Waals surface area contributed by atoms with Crippen LogP contribution in [0.15, 0.2) is 102 Å².